The lowest BCUT2D eigenvalue weighted by Crippen LogP contribution is -2.47. The van der Waals surface area contributed by atoms with Gasteiger partial charge < -0.3 is 24.8 Å². The van der Waals surface area contributed by atoms with Crippen LogP contribution in [0.4, 0.5) is 0 Å². The predicted molar refractivity (Wildman–Crippen MR) is 119 cm³/mol. The van der Waals surface area contributed by atoms with E-state index in [9.17, 15) is 9.90 Å². The Morgan fingerprint density at radius 3 is 2.48 bits per heavy atom. The molecule has 0 saturated carbocycles. The van der Waals surface area contributed by atoms with E-state index >= 15 is 0 Å². The summed E-state index contributed by atoms with van der Waals surface area (Å²) in [7, 11) is 0. The second-order valence-electron chi connectivity index (χ2n) is 8.55. The van der Waals surface area contributed by atoms with Gasteiger partial charge in [-0.05, 0) is 55.1 Å². The van der Waals surface area contributed by atoms with Crippen molar-refractivity contribution in [1.29, 1.82) is 0 Å². The first-order chi connectivity index (χ1) is 15.1. The lowest BCUT2D eigenvalue weighted by atomic mass is 9.96. The summed E-state index contributed by atoms with van der Waals surface area (Å²) in [5, 5.41) is 14.3. The topological polar surface area (TPSA) is 71.0 Å². The quantitative estimate of drug-likeness (QED) is 0.681. The van der Waals surface area contributed by atoms with E-state index in [1.165, 1.54) is 0 Å². The van der Waals surface area contributed by atoms with Gasteiger partial charge in [-0.1, -0.05) is 43.3 Å². The van der Waals surface area contributed by atoms with E-state index in [1.807, 2.05) is 48.5 Å². The maximum Gasteiger partial charge on any atom is 0.220 e. The SMILES string of the molecule is CC(CC(=O)N[C@H](CN1CCCC1)[C@@H](O)c1ccc2c(c1)OCCO2)c1ccccc1. The van der Waals surface area contributed by atoms with Gasteiger partial charge in [-0.3, -0.25) is 4.79 Å². The Kier molecular flexibility index (Phi) is 7.10. The molecule has 1 saturated heterocycles. The van der Waals surface area contributed by atoms with Gasteiger partial charge in [-0.15, -0.1) is 0 Å². The zero-order chi connectivity index (χ0) is 21.6. The van der Waals surface area contributed by atoms with Crippen LogP contribution in [-0.2, 0) is 4.79 Å². The molecule has 31 heavy (non-hydrogen) atoms. The number of aliphatic hydroxyl groups excluding tert-OH is 1. The van der Waals surface area contributed by atoms with Crippen LogP contribution in [0.25, 0.3) is 0 Å². The van der Waals surface area contributed by atoms with Crippen LogP contribution in [0.5, 0.6) is 11.5 Å². The monoisotopic (exact) mass is 424 g/mol. The number of nitrogens with one attached hydrogen (secondary N) is 1. The van der Waals surface area contributed by atoms with Gasteiger partial charge in [0.1, 0.15) is 19.3 Å². The van der Waals surface area contributed by atoms with E-state index in [0.29, 0.717) is 37.7 Å². The maximum absolute atomic E-state index is 12.9. The van der Waals surface area contributed by atoms with Crippen molar-refractivity contribution in [3.05, 3.63) is 59.7 Å². The molecule has 0 spiro atoms. The molecule has 0 aliphatic carbocycles. The molecule has 0 bridgehead atoms. The van der Waals surface area contributed by atoms with Gasteiger partial charge in [0.25, 0.3) is 0 Å². The third kappa shape index (κ3) is 5.57. The van der Waals surface area contributed by atoms with Crippen LogP contribution in [0.15, 0.2) is 48.5 Å². The van der Waals surface area contributed by atoms with Crippen molar-refractivity contribution in [2.75, 3.05) is 32.8 Å². The molecule has 2 aromatic carbocycles. The Balaban J connectivity index is 1.46. The molecule has 2 aliphatic rings. The maximum atomic E-state index is 12.9. The van der Waals surface area contributed by atoms with Gasteiger partial charge in [0, 0.05) is 13.0 Å². The summed E-state index contributed by atoms with van der Waals surface area (Å²) < 4.78 is 11.3. The summed E-state index contributed by atoms with van der Waals surface area (Å²) in [6, 6.07) is 15.2. The van der Waals surface area contributed by atoms with Crippen LogP contribution in [0.3, 0.4) is 0 Å². The molecule has 6 heteroatoms. The van der Waals surface area contributed by atoms with E-state index in [-0.39, 0.29) is 11.8 Å². The number of fused-ring (bicyclic) bond motifs is 1. The van der Waals surface area contributed by atoms with Gasteiger partial charge in [0.2, 0.25) is 5.91 Å². The minimum Gasteiger partial charge on any atom is -0.486 e. The van der Waals surface area contributed by atoms with E-state index in [0.717, 1.165) is 37.1 Å². The van der Waals surface area contributed by atoms with E-state index in [2.05, 4.69) is 17.1 Å². The Labute approximate surface area is 184 Å². The number of likely N-dealkylation sites (tertiary alicyclic amines) is 1. The number of benzene rings is 2. The summed E-state index contributed by atoms with van der Waals surface area (Å²) in [5.41, 5.74) is 1.87. The van der Waals surface area contributed by atoms with Gasteiger partial charge in [0.05, 0.1) is 6.04 Å². The number of hydrogen-bond donors (Lipinski definition) is 2. The van der Waals surface area contributed by atoms with Gasteiger partial charge in [-0.25, -0.2) is 0 Å². The molecule has 2 aromatic rings. The molecule has 2 aliphatic heterocycles. The van der Waals surface area contributed by atoms with Crippen LogP contribution in [-0.4, -0.2) is 54.8 Å². The van der Waals surface area contributed by atoms with Crippen molar-refractivity contribution < 1.29 is 19.4 Å². The molecule has 4 rings (SSSR count). The van der Waals surface area contributed by atoms with E-state index in [4.69, 9.17) is 9.47 Å². The lowest BCUT2D eigenvalue weighted by molar-refractivity contribution is -0.123. The summed E-state index contributed by atoms with van der Waals surface area (Å²) >= 11 is 0. The Morgan fingerprint density at radius 1 is 1.03 bits per heavy atom. The number of amides is 1. The van der Waals surface area contributed by atoms with Crippen LogP contribution >= 0.6 is 0 Å². The van der Waals surface area contributed by atoms with E-state index < -0.39 is 12.1 Å². The summed E-state index contributed by atoms with van der Waals surface area (Å²) in [6.45, 7) is 5.71. The highest BCUT2D eigenvalue weighted by Crippen LogP contribution is 2.33. The summed E-state index contributed by atoms with van der Waals surface area (Å²) in [6.07, 6.45) is 1.87. The van der Waals surface area contributed by atoms with Crippen molar-refractivity contribution >= 4 is 5.91 Å². The normalized spacial score (nSPS) is 18.9. The number of rotatable bonds is 8. The molecule has 6 nitrogen and oxygen atoms in total. The number of carbonyl (C=O) groups is 1. The Hall–Kier alpha value is -2.57. The second kappa shape index (κ2) is 10.2. The predicted octanol–water partition coefficient (Wildman–Crippen LogP) is 3.27. The van der Waals surface area contributed by atoms with Gasteiger partial charge in [-0.2, -0.15) is 0 Å². The molecule has 0 aromatic heterocycles. The third-order valence-electron chi connectivity index (χ3n) is 6.15. The highest BCUT2D eigenvalue weighted by Gasteiger charge is 2.28. The fourth-order valence-corrected chi connectivity index (χ4v) is 4.39. The lowest BCUT2D eigenvalue weighted by Gasteiger charge is -2.30. The average Bonchev–Trinajstić information content (AvgIpc) is 3.31. The van der Waals surface area contributed by atoms with Crippen LogP contribution in [0.1, 0.15) is 49.3 Å². The minimum atomic E-state index is -0.826. The zero-order valence-corrected chi connectivity index (χ0v) is 18.1. The number of ether oxygens (including phenoxy) is 2. The van der Waals surface area contributed by atoms with Gasteiger partial charge >= 0.3 is 0 Å². The molecule has 2 heterocycles. The zero-order valence-electron chi connectivity index (χ0n) is 18.1. The van der Waals surface area contributed by atoms with Crippen LogP contribution in [0.2, 0.25) is 0 Å². The molecular formula is C25H32N2O4. The average molecular weight is 425 g/mol. The van der Waals surface area contributed by atoms with Gasteiger partial charge in [0.15, 0.2) is 11.5 Å². The minimum absolute atomic E-state index is 0.0443. The van der Waals surface area contributed by atoms with Crippen molar-refractivity contribution in [3.63, 3.8) is 0 Å². The summed E-state index contributed by atoms with van der Waals surface area (Å²) in [4.78, 5) is 15.2. The highest BCUT2D eigenvalue weighted by molar-refractivity contribution is 5.77. The number of carbonyl (C=O) groups excluding carboxylic acids is 1. The fraction of sp³-hybridized carbons (Fsp3) is 0.480. The first kappa shape index (κ1) is 21.7. The second-order valence-corrected chi connectivity index (χ2v) is 8.55. The van der Waals surface area contributed by atoms with Crippen molar-refractivity contribution in [2.45, 2.75) is 44.2 Å². The number of aliphatic hydroxyl groups is 1. The summed E-state index contributed by atoms with van der Waals surface area (Å²) in [5.74, 6) is 1.41. The molecule has 0 radical (unpaired) electrons. The number of hydrogen-bond acceptors (Lipinski definition) is 5. The smallest absolute Gasteiger partial charge is 0.220 e. The number of nitrogens with zero attached hydrogens (tertiary/aromatic N) is 1. The molecule has 1 unspecified atom stereocenters. The fourth-order valence-electron chi connectivity index (χ4n) is 4.39. The van der Waals surface area contributed by atoms with Crippen LogP contribution in [0, 0.1) is 0 Å². The Morgan fingerprint density at radius 2 is 1.74 bits per heavy atom. The molecule has 1 fully saturated rings. The molecule has 1 amide bonds. The third-order valence-corrected chi connectivity index (χ3v) is 6.15. The molecule has 3 atom stereocenters. The molecule has 2 N–H and O–H groups in total. The largest absolute Gasteiger partial charge is 0.486 e. The van der Waals surface area contributed by atoms with E-state index in [1.54, 1.807) is 0 Å². The highest BCUT2D eigenvalue weighted by atomic mass is 16.6. The first-order valence-corrected chi connectivity index (χ1v) is 11.2. The standard InChI is InChI=1S/C25H32N2O4/c1-18(19-7-3-2-4-8-19)15-24(28)26-21(17-27-11-5-6-12-27)25(29)20-9-10-22-23(16-20)31-14-13-30-22/h2-4,7-10,16,18,21,25,29H,5-6,11-15,17H2,1H3,(H,26,28)/t18?,21-,25+/m1/s1. The van der Waals surface area contributed by atoms with Crippen molar-refractivity contribution in [1.82, 2.24) is 10.2 Å². The molecule has 166 valence electrons. The van der Waals surface area contributed by atoms with Crippen LogP contribution < -0.4 is 14.8 Å². The van der Waals surface area contributed by atoms with Crippen molar-refractivity contribution in [3.8, 4) is 11.5 Å². The first-order valence-electron chi connectivity index (χ1n) is 11.2. The van der Waals surface area contributed by atoms with Crippen molar-refractivity contribution in [2.24, 2.45) is 0 Å². The molecular weight excluding hydrogens is 392 g/mol. The Bertz CT molecular complexity index is 867.